The molecule has 2 unspecified atom stereocenters. The molecule has 6 nitrogen and oxygen atoms in total. The fraction of sp³-hybridized carbons (Fsp3) is 0.308. The van der Waals surface area contributed by atoms with Crippen LogP contribution < -0.4 is 10.6 Å². The Morgan fingerprint density at radius 2 is 2.10 bits per heavy atom. The molecule has 1 heterocycles. The fourth-order valence-corrected chi connectivity index (χ4v) is 2.63. The van der Waals surface area contributed by atoms with Gasteiger partial charge in [0.25, 0.3) is 5.24 Å². The van der Waals surface area contributed by atoms with Gasteiger partial charge < -0.3 is 15.7 Å². The van der Waals surface area contributed by atoms with E-state index >= 15 is 0 Å². The van der Waals surface area contributed by atoms with Crippen molar-refractivity contribution in [3.63, 3.8) is 0 Å². The first-order chi connectivity index (χ1) is 9.56. The van der Waals surface area contributed by atoms with Crippen LogP contribution in [0.4, 0.5) is 4.79 Å². The Bertz CT molecular complexity index is 520. The number of hydrogen-bond donors (Lipinski definition) is 3. The van der Waals surface area contributed by atoms with Gasteiger partial charge in [-0.2, -0.15) is 0 Å². The van der Waals surface area contributed by atoms with Crippen LogP contribution in [-0.4, -0.2) is 40.1 Å². The van der Waals surface area contributed by atoms with Crippen molar-refractivity contribution in [3.8, 4) is 0 Å². The number of hydrogen-bond acceptors (Lipinski definition) is 4. The van der Waals surface area contributed by atoms with Crippen molar-refractivity contribution in [2.24, 2.45) is 0 Å². The molecule has 1 fully saturated rings. The summed E-state index contributed by atoms with van der Waals surface area (Å²) in [5.74, 6) is -1.24. The number of aliphatic carboxylic acids is 1. The highest BCUT2D eigenvalue weighted by Crippen LogP contribution is 2.13. The molecule has 0 radical (unpaired) electrons. The predicted octanol–water partition coefficient (Wildman–Crippen LogP) is 0.623. The topological polar surface area (TPSA) is 95.5 Å². The Labute approximate surface area is 119 Å². The molecule has 106 valence electrons. The maximum absolute atomic E-state index is 11.9. The van der Waals surface area contributed by atoms with E-state index in [1.165, 1.54) is 0 Å². The second-order valence-electron chi connectivity index (χ2n) is 4.38. The van der Waals surface area contributed by atoms with Crippen molar-refractivity contribution in [2.75, 3.05) is 5.75 Å². The molecule has 1 aromatic rings. The highest BCUT2D eigenvalue weighted by molar-refractivity contribution is 8.14. The number of carbonyl (C=O) groups excluding carboxylic acids is 2. The van der Waals surface area contributed by atoms with Crippen LogP contribution in [0.2, 0.25) is 0 Å². The third-order valence-corrected chi connectivity index (χ3v) is 3.77. The first-order valence-electron chi connectivity index (χ1n) is 6.06. The lowest BCUT2D eigenvalue weighted by Gasteiger charge is -2.17. The van der Waals surface area contributed by atoms with Crippen LogP contribution in [0.25, 0.3) is 0 Å². The molecule has 2 atom stereocenters. The molecule has 0 aliphatic carbocycles. The summed E-state index contributed by atoms with van der Waals surface area (Å²) in [7, 11) is 0. The van der Waals surface area contributed by atoms with E-state index in [0.717, 1.165) is 17.3 Å². The summed E-state index contributed by atoms with van der Waals surface area (Å²) < 4.78 is 0. The highest BCUT2D eigenvalue weighted by atomic mass is 32.2. The van der Waals surface area contributed by atoms with Crippen LogP contribution in [-0.2, 0) is 16.0 Å². The van der Waals surface area contributed by atoms with Gasteiger partial charge in [0, 0.05) is 12.2 Å². The second kappa shape index (κ2) is 6.42. The summed E-state index contributed by atoms with van der Waals surface area (Å²) in [6.07, 6.45) is 0.204. The molecule has 1 aliphatic rings. The van der Waals surface area contributed by atoms with Gasteiger partial charge >= 0.3 is 5.97 Å². The van der Waals surface area contributed by atoms with Gasteiger partial charge in [0.05, 0.1) is 0 Å². The summed E-state index contributed by atoms with van der Waals surface area (Å²) in [4.78, 5) is 34.1. The number of rotatable bonds is 5. The maximum atomic E-state index is 11.9. The van der Waals surface area contributed by atoms with Crippen molar-refractivity contribution in [1.29, 1.82) is 0 Å². The number of nitrogens with one attached hydrogen (secondary N) is 2. The summed E-state index contributed by atoms with van der Waals surface area (Å²) in [6, 6.07) is 7.39. The molecule has 2 rings (SSSR count). The minimum absolute atomic E-state index is 0.204. The van der Waals surface area contributed by atoms with E-state index in [1.807, 2.05) is 18.2 Å². The third kappa shape index (κ3) is 3.74. The smallest absolute Gasteiger partial charge is 0.326 e. The lowest BCUT2D eigenvalue weighted by Crippen LogP contribution is -2.50. The lowest BCUT2D eigenvalue weighted by molar-refractivity contribution is -0.141. The number of carboxylic acid groups (broad SMARTS) is 1. The highest BCUT2D eigenvalue weighted by Gasteiger charge is 2.30. The molecule has 0 spiro atoms. The van der Waals surface area contributed by atoms with Crippen LogP contribution in [0.3, 0.4) is 0 Å². The molecule has 0 bridgehead atoms. The van der Waals surface area contributed by atoms with Crippen LogP contribution >= 0.6 is 11.8 Å². The predicted molar refractivity (Wildman–Crippen MR) is 74.5 cm³/mol. The molecule has 20 heavy (non-hydrogen) atoms. The summed E-state index contributed by atoms with van der Waals surface area (Å²) >= 11 is 1.01. The lowest BCUT2D eigenvalue weighted by atomic mass is 10.1. The largest absolute Gasteiger partial charge is 0.480 e. The minimum atomic E-state index is -1.10. The van der Waals surface area contributed by atoms with Crippen LogP contribution in [0.5, 0.6) is 0 Å². The van der Waals surface area contributed by atoms with E-state index in [1.54, 1.807) is 12.1 Å². The number of carboxylic acids is 1. The zero-order valence-corrected chi connectivity index (χ0v) is 11.4. The summed E-state index contributed by atoms with van der Waals surface area (Å²) in [5, 5.41) is 13.8. The standard InChI is InChI=1S/C13H14N2O4S/c16-11(10-7-20-13(19)15-10)14-9(12(17)18)6-8-4-2-1-3-5-8/h1-5,9-10H,6-7H2,(H,14,16)(H,15,19)(H,17,18). The van der Waals surface area contributed by atoms with E-state index in [9.17, 15) is 19.5 Å². The Morgan fingerprint density at radius 1 is 1.40 bits per heavy atom. The van der Waals surface area contributed by atoms with Gasteiger partial charge in [-0.25, -0.2) is 4.79 Å². The molecule has 3 N–H and O–H groups in total. The normalized spacial score (nSPS) is 19.2. The first-order valence-corrected chi connectivity index (χ1v) is 7.05. The Morgan fingerprint density at radius 3 is 2.65 bits per heavy atom. The average molecular weight is 294 g/mol. The Balaban J connectivity index is 1.97. The van der Waals surface area contributed by atoms with E-state index in [0.29, 0.717) is 5.75 Å². The SMILES string of the molecule is O=C1NC(C(=O)NC(Cc2ccccc2)C(=O)O)CS1. The van der Waals surface area contributed by atoms with Crippen molar-refractivity contribution >= 4 is 28.9 Å². The van der Waals surface area contributed by atoms with Crippen molar-refractivity contribution in [3.05, 3.63) is 35.9 Å². The zero-order chi connectivity index (χ0) is 14.5. The average Bonchev–Trinajstić information content (AvgIpc) is 2.86. The molecule has 0 saturated carbocycles. The van der Waals surface area contributed by atoms with Crippen molar-refractivity contribution in [2.45, 2.75) is 18.5 Å². The molecule has 0 aromatic heterocycles. The molecular formula is C13H14N2O4S. The minimum Gasteiger partial charge on any atom is -0.480 e. The Kier molecular flexibility index (Phi) is 4.62. The monoisotopic (exact) mass is 294 g/mol. The summed E-state index contributed by atoms with van der Waals surface area (Å²) in [5.41, 5.74) is 0.824. The quantitative estimate of drug-likeness (QED) is 0.740. The third-order valence-electron chi connectivity index (χ3n) is 2.89. The van der Waals surface area contributed by atoms with E-state index in [4.69, 9.17) is 0 Å². The molecule has 1 aliphatic heterocycles. The molecule has 2 amide bonds. The van der Waals surface area contributed by atoms with Gasteiger partial charge in [-0.05, 0) is 5.56 Å². The van der Waals surface area contributed by atoms with Crippen molar-refractivity contribution < 1.29 is 19.5 Å². The van der Waals surface area contributed by atoms with Gasteiger partial charge in [-0.15, -0.1) is 0 Å². The zero-order valence-electron chi connectivity index (χ0n) is 10.5. The van der Waals surface area contributed by atoms with Gasteiger partial charge in [0.1, 0.15) is 12.1 Å². The number of carbonyl (C=O) groups is 3. The molecule has 1 aromatic carbocycles. The molecule has 1 saturated heterocycles. The van der Waals surface area contributed by atoms with Crippen LogP contribution in [0.1, 0.15) is 5.56 Å². The van der Waals surface area contributed by atoms with Crippen molar-refractivity contribution in [1.82, 2.24) is 10.6 Å². The van der Waals surface area contributed by atoms with Gasteiger partial charge in [0.15, 0.2) is 0 Å². The summed E-state index contributed by atoms with van der Waals surface area (Å²) in [6.45, 7) is 0. The number of thioether (sulfide) groups is 1. The van der Waals surface area contributed by atoms with E-state index < -0.39 is 24.0 Å². The second-order valence-corrected chi connectivity index (χ2v) is 5.38. The van der Waals surface area contributed by atoms with Gasteiger partial charge in [-0.1, -0.05) is 42.1 Å². The van der Waals surface area contributed by atoms with E-state index in [-0.39, 0.29) is 11.7 Å². The molecule has 7 heteroatoms. The van der Waals surface area contributed by atoms with Gasteiger partial charge in [-0.3, -0.25) is 9.59 Å². The van der Waals surface area contributed by atoms with Crippen LogP contribution in [0.15, 0.2) is 30.3 Å². The van der Waals surface area contributed by atoms with Crippen LogP contribution in [0, 0.1) is 0 Å². The number of amides is 2. The maximum Gasteiger partial charge on any atom is 0.326 e. The first kappa shape index (κ1) is 14.4. The van der Waals surface area contributed by atoms with E-state index in [2.05, 4.69) is 10.6 Å². The molecular weight excluding hydrogens is 280 g/mol. The number of benzene rings is 1. The fourth-order valence-electron chi connectivity index (χ4n) is 1.85. The van der Waals surface area contributed by atoms with Gasteiger partial charge in [0.2, 0.25) is 5.91 Å². The Hall–Kier alpha value is -2.02.